The number of hydrogen-bond acceptors (Lipinski definition) is 3. The highest BCUT2D eigenvalue weighted by molar-refractivity contribution is 4.81. The molecule has 3 heteroatoms. The van der Waals surface area contributed by atoms with E-state index in [0.717, 1.165) is 18.9 Å². The average Bonchev–Trinajstić information content (AvgIpc) is 2.12. The molecule has 76 valence electrons. The minimum absolute atomic E-state index is 0.148. The summed E-state index contributed by atoms with van der Waals surface area (Å²) in [7, 11) is 0. The van der Waals surface area contributed by atoms with Crippen molar-refractivity contribution in [3.63, 3.8) is 0 Å². The second kappa shape index (κ2) is 4.40. The van der Waals surface area contributed by atoms with Gasteiger partial charge in [0, 0.05) is 6.04 Å². The predicted molar refractivity (Wildman–Crippen MR) is 50.5 cm³/mol. The molecule has 0 aromatic carbocycles. The molecule has 0 aromatic rings. The maximum atomic E-state index is 6.05. The first kappa shape index (κ1) is 9.44. The molecule has 2 N–H and O–H groups in total. The minimum Gasteiger partial charge on any atom is -0.376 e. The topological polar surface area (TPSA) is 44.5 Å². The standard InChI is InChI=1S/C10H19NO2/c11-9(6-8-2-1-3-8)10-7-12-4-5-13-10/h8-10H,1-7,11H2. The summed E-state index contributed by atoms with van der Waals surface area (Å²) in [5.41, 5.74) is 6.05. The van der Waals surface area contributed by atoms with Crippen LogP contribution in [0.15, 0.2) is 0 Å². The Morgan fingerprint density at radius 2 is 2.15 bits per heavy atom. The van der Waals surface area contributed by atoms with Crippen LogP contribution in [0.5, 0.6) is 0 Å². The van der Waals surface area contributed by atoms with Crippen LogP contribution in [-0.2, 0) is 9.47 Å². The van der Waals surface area contributed by atoms with E-state index in [1.807, 2.05) is 0 Å². The van der Waals surface area contributed by atoms with Gasteiger partial charge in [-0.15, -0.1) is 0 Å². The van der Waals surface area contributed by atoms with Gasteiger partial charge in [-0.25, -0.2) is 0 Å². The van der Waals surface area contributed by atoms with Crippen LogP contribution in [-0.4, -0.2) is 32.0 Å². The third kappa shape index (κ3) is 2.42. The first-order valence-corrected chi connectivity index (χ1v) is 5.31. The molecule has 1 heterocycles. The first-order valence-electron chi connectivity index (χ1n) is 5.31. The van der Waals surface area contributed by atoms with Crippen LogP contribution in [0.4, 0.5) is 0 Å². The summed E-state index contributed by atoms with van der Waals surface area (Å²) < 4.78 is 10.9. The van der Waals surface area contributed by atoms with E-state index in [4.69, 9.17) is 15.2 Å². The van der Waals surface area contributed by atoms with E-state index in [-0.39, 0.29) is 12.1 Å². The fraction of sp³-hybridized carbons (Fsp3) is 1.00. The van der Waals surface area contributed by atoms with Gasteiger partial charge in [-0.1, -0.05) is 19.3 Å². The molecule has 2 atom stereocenters. The third-order valence-corrected chi connectivity index (χ3v) is 3.15. The summed E-state index contributed by atoms with van der Waals surface area (Å²) in [6.07, 6.45) is 5.38. The van der Waals surface area contributed by atoms with Gasteiger partial charge in [0.2, 0.25) is 0 Å². The Bertz CT molecular complexity index is 153. The van der Waals surface area contributed by atoms with E-state index in [0.29, 0.717) is 13.2 Å². The first-order chi connectivity index (χ1) is 6.36. The second-order valence-corrected chi connectivity index (χ2v) is 4.18. The lowest BCUT2D eigenvalue weighted by atomic mass is 9.80. The van der Waals surface area contributed by atoms with Gasteiger partial charge in [-0.2, -0.15) is 0 Å². The molecule has 0 aromatic heterocycles. The van der Waals surface area contributed by atoms with E-state index in [1.165, 1.54) is 19.3 Å². The maximum absolute atomic E-state index is 6.05. The van der Waals surface area contributed by atoms with Gasteiger partial charge in [0.05, 0.1) is 25.9 Å². The summed E-state index contributed by atoms with van der Waals surface area (Å²) in [6, 6.07) is 0.186. The van der Waals surface area contributed by atoms with Crippen molar-refractivity contribution in [2.24, 2.45) is 11.7 Å². The lowest BCUT2D eigenvalue weighted by molar-refractivity contribution is -0.0999. The van der Waals surface area contributed by atoms with Crippen LogP contribution in [0.3, 0.4) is 0 Å². The Morgan fingerprint density at radius 3 is 2.69 bits per heavy atom. The molecule has 0 amide bonds. The second-order valence-electron chi connectivity index (χ2n) is 4.18. The maximum Gasteiger partial charge on any atom is 0.0960 e. The summed E-state index contributed by atoms with van der Waals surface area (Å²) in [6.45, 7) is 2.13. The molecular formula is C10H19NO2. The zero-order valence-corrected chi connectivity index (χ0v) is 8.08. The molecular weight excluding hydrogens is 166 g/mol. The van der Waals surface area contributed by atoms with Crippen molar-refractivity contribution in [2.45, 2.75) is 37.8 Å². The van der Waals surface area contributed by atoms with Gasteiger partial charge in [-0.3, -0.25) is 0 Å². The van der Waals surface area contributed by atoms with Crippen LogP contribution in [0.1, 0.15) is 25.7 Å². The predicted octanol–water partition coefficient (Wildman–Crippen LogP) is 0.919. The number of ether oxygens (including phenoxy) is 2. The Labute approximate surface area is 79.6 Å². The van der Waals surface area contributed by atoms with Crippen LogP contribution >= 0.6 is 0 Å². The molecule has 2 fully saturated rings. The van der Waals surface area contributed by atoms with E-state index in [9.17, 15) is 0 Å². The fourth-order valence-corrected chi connectivity index (χ4v) is 2.02. The van der Waals surface area contributed by atoms with Crippen molar-refractivity contribution in [2.75, 3.05) is 19.8 Å². The number of hydrogen-bond donors (Lipinski definition) is 1. The van der Waals surface area contributed by atoms with Gasteiger partial charge >= 0.3 is 0 Å². The Kier molecular flexibility index (Phi) is 3.19. The van der Waals surface area contributed by atoms with E-state index < -0.39 is 0 Å². The van der Waals surface area contributed by atoms with Crippen molar-refractivity contribution in [1.29, 1.82) is 0 Å². The number of rotatable bonds is 3. The molecule has 1 saturated carbocycles. The summed E-state index contributed by atoms with van der Waals surface area (Å²) in [5.74, 6) is 0.862. The zero-order chi connectivity index (χ0) is 9.10. The van der Waals surface area contributed by atoms with E-state index >= 15 is 0 Å². The van der Waals surface area contributed by atoms with Crippen LogP contribution in [0.25, 0.3) is 0 Å². The molecule has 2 rings (SSSR count). The largest absolute Gasteiger partial charge is 0.376 e. The summed E-state index contributed by atoms with van der Waals surface area (Å²) >= 11 is 0. The molecule has 1 aliphatic heterocycles. The SMILES string of the molecule is NC(CC1CCC1)C1COCCO1. The summed E-state index contributed by atoms with van der Waals surface area (Å²) in [4.78, 5) is 0. The molecule has 2 unspecified atom stereocenters. The van der Waals surface area contributed by atoms with Crippen molar-refractivity contribution in [1.82, 2.24) is 0 Å². The van der Waals surface area contributed by atoms with Crippen LogP contribution < -0.4 is 5.73 Å². The van der Waals surface area contributed by atoms with E-state index in [1.54, 1.807) is 0 Å². The molecule has 2 aliphatic rings. The molecule has 0 spiro atoms. The zero-order valence-electron chi connectivity index (χ0n) is 8.08. The molecule has 0 bridgehead atoms. The fourth-order valence-electron chi connectivity index (χ4n) is 2.02. The molecule has 3 nitrogen and oxygen atoms in total. The van der Waals surface area contributed by atoms with Gasteiger partial charge in [0.1, 0.15) is 0 Å². The number of nitrogens with two attached hydrogens (primary N) is 1. The Hall–Kier alpha value is -0.120. The smallest absolute Gasteiger partial charge is 0.0960 e. The highest BCUT2D eigenvalue weighted by Crippen LogP contribution is 2.31. The minimum atomic E-state index is 0.148. The lowest BCUT2D eigenvalue weighted by Crippen LogP contribution is -2.45. The normalized spacial score (nSPS) is 32.5. The molecule has 13 heavy (non-hydrogen) atoms. The highest BCUT2D eigenvalue weighted by atomic mass is 16.6. The Balaban J connectivity index is 1.70. The van der Waals surface area contributed by atoms with Crippen molar-refractivity contribution < 1.29 is 9.47 Å². The lowest BCUT2D eigenvalue weighted by Gasteiger charge is -2.33. The quantitative estimate of drug-likeness (QED) is 0.711. The third-order valence-electron chi connectivity index (χ3n) is 3.15. The van der Waals surface area contributed by atoms with Crippen molar-refractivity contribution >= 4 is 0 Å². The average molecular weight is 185 g/mol. The monoisotopic (exact) mass is 185 g/mol. The van der Waals surface area contributed by atoms with Gasteiger partial charge < -0.3 is 15.2 Å². The highest BCUT2D eigenvalue weighted by Gasteiger charge is 2.27. The van der Waals surface area contributed by atoms with Gasteiger partial charge in [-0.05, 0) is 12.3 Å². The van der Waals surface area contributed by atoms with Crippen molar-refractivity contribution in [3.05, 3.63) is 0 Å². The van der Waals surface area contributed by atoms with Gasteiger partial charge in [0.25, 0.3) is 0 Å². The van der Waals surface area contributed by atoms with Crippen LogP contribution in [0, 0.1) is 5.92 Å². The molecule has 0 radical (unpaired) electrons. The van der Waals surface area contributed by atoms with Gasteiger partial charge in [0.15, 0.2) is 0 Å². The van der Waals surface area contributed by atoms with Crippen LogP contribution in [0.2, 0.25) is 0 Å². The molecule has 1 saturated heterocycles. The molecule has 1 aliphatic carbocycles. The van der Waals surface area contributed by atoms with Crippen molar-refractivity contribution in [3.8, 4) is 0 Å². The summed E-state index contributed by atoms with van der Waals surface area (Å²) in [5, 5.41) is 0. The van der Waals surface area contributed by atoms with E-state index in [2.05, 4.69) is 0 Å². The Morgan fingerprint density at radius 1 is 1.31 bits per heavy atom.